The number of morpholine rings is 1. The molecule has 114 valence electrons. The summed E-state index contributed by atoms with van der Waals surface area (Å²) >= 11 is 0. The predicted molar refractivity (Wildman–Crippen MR) is 84.1 cm³/mol. The standard InChI is InChI=1S/C16H24N4O/c1-10-9-21-11(2)8-20(10)16-13(15(17)18)7-12-5-3-4-6-14(12)19-16/h7,10-11H,3-6,8-9H2,1-2H3,(H3,17,18). The number of nitrogens with zero attached hydrogens (tertiary/aromatic N) is 2. The molecule has 21 heavy (non-hydrogen) atoms. The van der Waals surface area contributed by atoms with Crippen molar-refractivity contribution in [3.63, 3.8) is 0 Å². The Balaban J connectivity index is 2.04. The van der Waals surface area contributed by atoms with E-state index in [1.807, 2.05) is 0 Å². The molecule has 3 N–H and O–H groups in total. The Kier molecular flexibility index (Phi) is 3.85. The highest BCUT2D eigenvalue weighted by molar-refractivity contribution is 6.00. The Bertz CT molecular complexity index is 557. The second-order valence-electron chi connectivity index (χ2n) is 6.23. The van der Waals surface area contributed by atoms with Crippen LogP contribution in [-0.4, -0.2) is 36.1 Å². The average Bonchev–Trinajstić information content (AvgIpc) is 2.48. The van der Waals surface area contributed by atoms with E-state index in [4.69, 9.17) is 20.9 Å². The molecule has 2 heterocycles. The van der Waals surface area contributed by atoms with Gasteiger partial charge in [-0.1, -0.05) is 0 Å². The number of aromatic nitrogens is 1. The summed E-state index contributed by atoms with van der Waals surface area (Å²) in [5.41, 5.74) is 9.05. The van der Waals surface area contributed by atoms with E-state index < -0.39 is 0 Å². The maximum atomic E-state index is 7.91. The summed E-state index contributed by atoms with van der Waals surface area (Å²) < 4.78 is 5.70. The summed E-state index contributed by atoms with van der Waals surface area (Å²) in [6.07, 6.45) is 4.68. The highest BCUT2D eigenvalue weighted by Crippen LogP contribution is 2.29. The van der Waals surface area contributed by atoms with Gasteiger partial charge >= 0.3 is 0 Å². The van der Waals surface area contributed by atoms with Gasteiger partial charge in [-0.3, -0.25) is 5.41 Å². The van der Waals surface area contributed by atoms with Crippen molar-refractivity contribution in [2.24, 2.45) is 5.73 Å². The molecular formula is C16H24N4O. The first-order chi connectivity index (χ1) is 10.1. The Labute approximate surface area is 126 Å². The summed E-state index contributed by atoms with van der Waals surface area (Å²) in [7, 11) is 0. The van der Waals surface area contributed by atoms with Crippen molar-refractivity contribution in [1.82, 2.24) is 4.98 Å². The van der Waals surface area contributed by atoms with Crippen molar-refractivity contribution in [3.05, 3.63) is 22.9 Å². The molecule has 0 radical (unpaired) electrons. The van der Waals surface area contributed by atoms with Crippen LogP contribution in [0.3, 0.4) is 0 Å². The Morgan fingerprint density at radius 3 is 2.90 bits per heavy atom. The largest absolute Gasteiger partial charge is 0.384 e. The first kappa shape index (κ1) is 14.3. The molecule has 0 bridgehead atoms. The summed E-state index contributed by atoms with van der Waals surface area (Å²) in [4.78, 5) is 7.14. The molecule has 0 saturated carbocycles. The van der Waals surface area contributed by atoms with Crippen molar-refractivity contribution in [2.75, 3.05) is 18.1 Å². The lowest BCUT2D eigenvalue weighted by molar-refractivity contribution is 0.0340. The normalized spacial score (nSPS) is 25.5. The summed E-state index contributed by atoms with van der Waals surface area (Å²) in [6, 6.07) is 2.35. The van der Waals surface area contributed by atoms with Crippen LogP contribution < -0.4 is 10.6 Å². The van der Waals surface area contributed by atoms with Gasteiger partial charge in [0.1, 0.15) is 11.7 Å². The van der Waals surface area contributed by atoms with E-state index in [9.17, 15) is 0 Å². The number of rotatable bonds is 2. The van der Waals surface area contributed by atoms with E-state index in [1.54, 1.807) is 0 Å². The van der Waals surface area contributed by atoms with E-state index in [2.05, 4.69) is 24.8 Å². The molecule has 0 amide bonds. The van der Waals surface area contributed by atoms with Gasteiger partial charge in [0.05, 0.1) is 24.3 Å². The van der Waals surface area contributed by atoms with Crippen LogP contribution in [0.5, 0.6) is 0 Å². The number of pyridine rings is 1. The summed E-state index contributed by atoms with van der Waals surface area (Å²) in [5, 5.41) is 7.91. The van der Waals surface area contributed by atoms with Crippen LogP contribution >= 0.6 is 0 Å². The number of fused-ring (bicyclic) bond motifs is 1. The van der Waals surface area contributed by atoms with Crippen molar-refractivity contribution in [2.45, 2.75) is 51.7 Å². The first-order valence-corrected chi connectivity index (χ1v) is 7.81. The molecule has 1 aromatic heterocycles. The minimum Gasteiger partial charge on any atom is -0.384 e. The monoisotopic (exact) mass is 288 g/mol. The van der Waals surface area contributed by atoms with E-state index in [-0.39, 0.29) is 18.0 Å². The second kappa shape index (κ2) is 5.64. The molecule has 1 saturated heterocycles. The topological polar surface area (TPSA) is 75.2 Å². The summed E-state index contributed by atoms with van der Waals surface area (Å²) in [5.74, 6) is 0.975. The number of aryl methyl sites for hydroxylation is 2. The molecule has 2 aliphatic rings. The zero-order chi connectivity index (χ0) is 15.0. The van der Waals surface area contributed by atoms with Gasteiger partial charge in [0.15, 0.2) is 0 Å². The quantitative estimate of drug-likeness (QED) is 0.643. The maximum Gasteiger partial charge on any atom is 0.140 e. The summed E-state index contributed by atoms with van der Waals surface area (Å²) in [6.45, 7) is 5.70. The fourth-order valence-corrected chi connectivity index (χ4v) is 3.24. The third-order valence-electron chi connectivity index (χ3n) is 4.45. The molecule has 5 nitrogen and oxygen atoms in total. The van der Waals surface area contributed by atoms with Gasteiger partial charge < -0.3 is 15.4 Å². The molecule has 0 aromatic carbocycles. The molecular weight excluding hydrogens is 264 g/mol. The van der Waals surface area contributed by atoms with Gasteiger partial charge in [0.25, 0.3) is 0 Å². The van der Waals surface area contributed by atoms with E-state index in [0.29, 0.717) is 6.61 Å². The molecule has 2 unspecified atom stereocenters. The Morgan fingerprint density at radius 2 is 2.14 bits per heavy atom. The van der Waals surface area contributed by atoms with Crippen LogP contribution in [0.1, 0.15) is 43.5 Å². The van der Waals surface area contributed by atoms with Crippen LogP contribution in [0.15, 0.2) is 6.07 Å². The molecule has 1 aliphatic heterocycles. The van der Waals surface area contributed by atoms with E-state index in [0.717, 1.165) is 30.8 Å². The van der Waals surface area contributed by atoms with Crippen molar-refractivity contribution in [3.8, 4) is 0 Å². The van der Waals surface area contributed by atoms with Crippen LogP contribution in [0.25, 0.3) is 0 Å². The lowest BCUT2D eigenvalue weighted by atomic mass is 9.94. The third kappa shape index (κ3) is 2.75. The molecule has 1 aromatic rings. The van der Waals surface area contributed by atoms with Crippen LogP contribution in [0.4, 0.5) is 5.82 Å². The Hall–Kier alpha value is -1.62. The maximum absolute atomic E-state index is 7.91. The van der Waals surface area contributed by atoms with Crippen molar-refractivity contribution in [1.29, 1.82) is 5.41 Å². The van der Waals surface area contributed by atoms with Gasteiger partial charge in [-0.25, -0.2) is 4.98 Å². The van der Waals surface area contributed by atoms with Crippen molar-refractivity contribution >= 4 is 11.7 Å². The number of nitrogen functional groups attached to an aromatic ring is 1. The van der Waals surface area contributed by atoms with Gasteiger partial charge in [-0.15, -0.1) is 0 Å². The minimum atomic E-state index is 0.109. The fourth-order valence-electron chi connectivity index (χ4n) is 3.24. The number of nitrogens with two attached hydrogens (primary N) is 1. The van der Waals surface area contributed by atoms with E-state index >= 15 is 0 Å². The van der Waals surface area contributed by atoms with Gasteiger partial charge in [-0.05, 0) is 51.2 Å². The smallest absolute Gasteiger partial charge is 0.140 e. The SMILES string of the molecule is CC1CN(c2nc3c(cc2C(=N)N)CCCC3)C(C)CO1. The number of hydrogen-bond donors (Lipinski definition) is 2. The number of amidine groups is 1. The Morgan fingerprint density at radius 1 is 1.38 bits per heavy atom. The molecule has 5 heteroatoms. The molecule has 2 atom stereocenters. The van der Waals surface area contributed by atoms with Crippen LogP contribution in [0, 0.1) is 5.41 Å². The number of nitrogens with one attached hydrogen (secondary N) is 1. The number of hydrogen-bond acceptors (Lipinski definition) is 4. The van der Waals surface area contributed by atoms with Crippen LogP contribution in [-0.2, 0) is 17.6 Å². The molecule has 1 fully saturated rings. The van der Waals surface area contributed by atoms with Gasteiger partial charge in [0.2, 0.25) is 0 Å². The minimum absolute atomic E-state index is 0.109. The first-order valence-electron chi connectivity index (χ1n) is 7.81. The number of ether oxygens (including phenoxy) is 1. The predicted octanol–water partition coefficient (Wildman–Crippen LogP) is 1.86. The van der Waals surface area contributed by atoms with E-state index in [1.165, 1.54) is 24.1 Å². The highest BCUT2D eigenvalue weighted by atomic mass is 16.5. The molecule has 1 aliphatic carbocycles. The zero-order valence-electron chi connectivity index (χ0n) is 12.9. The van der Waals surface area contributed by atoms with Crippen molar-refractivity contribution < 1.29 is 4.74 Å². The molecule has 3 rings (SSSR count). The molecule has 0 spiro atoms. The van der Waals surface area contributed by atoms with Gasteiger partial charge in [-0.2, -0.15) is 0 Å². The second-order valence-corrected chi connectivity index (χ2v) is 6.23. The zero-order valence-corrected chi connectivity index (χ0v) is 12.9. The third-order valence-corrected chi connectivity index (χ3v) is 4.45. The lowest BCUT2D eigenvalue weighted by Gasteiger charge is -2.39. The average molecular weight is 288 g/mol. The fraction of sp³-hybridized carbons (Fsp3) is 0.625. The highest BCUT2D eigenvalue weighted by Gasteiger charge is 2.28. The van der Waals surface area contributed by atoms with Gasteiger partial charge in [0, 0.05) is 12.2 Å². The lowest BCUT2D eigenvalue weighted by Crippen LogP contribution is -2.48. The van der Waals surface area contributed by atoms with Crippen LogP contribution in [0.2, 0.25) is 0 Å². The number of anilines is 1.